The molecule has 72 valence electrons. The van der Waals surface area contributed by atoms with Crippen molar-refractivity contribution in [2.24, 2.45) is 0 Å². The van der Waals surface area contributed by atoms with E-state index in [2.05, 4.69) is 5.16 Å². The Morgan fingerprint density at radius 1 is 1.62 bits per heavy atom. The Bertz CT molecular complexity index is 370. The van der Waals surface area contributed by atoms with Gasteiger partial charge in [0.05, 0.1) is 18.5 Å². The summed E-state index contributed by atoms with van der Waals surface area (Å²) in [6.45, 7) is 0.894. The molecule has 1 aromatic rings. The van der Waals surface area contributed by atoms with Gasteiger partial charge in [0.25, 0.3) is 0 Å². The lowest BCUT2D eigenvalue weighted by atomic mass is 10.4. The SMILES string of the molecule is O=S1(=O)CCCN1Cc1ccno1. The minimum atomic E-state index is -3.02. The van der Waals surface area contributed by atoms with E-state index in [1.165, 1.54) is 10.5 Å². The summed E-state index contributed by atoms with van der Waals surface area (Å²) in [5, 5.41) is 3.52. The minimum absolute atomic E-state index is 0.251. The maximum Gasteiger partial charge on any atom is 0.214 e. The van der Waals surface area contributed by atoms with Crippen LogP contribution in [-0.2, 0) is 16.6 Å². The Labute approximate surface area is 76.4 Å². The van der Waals surface area contributed by atoms with Gasteiger partial charge in [-0.3, -0.25) is 0 Å². The van der Waals surface area contributed by atoms with Gasteiger partial charge in [0, 0.05) is 12.6 Å². The van der Waals surface area contributed by atoms with E-state index in [1.807, 2.05) is 0 Å². The molecule has 5 nitrogen and oxygen atoms in total. The van der Waals surface area contributed by atoms with Crippen molar-refractivity contribution in [2.45, 2.75) is 13.0 Å². The molecule has 2 heterocycles. The highest BCUT2D eigenvalue weighted by Gasteiger charge is 2.28. The zero-order valence-electron chi connectivity index (χ0n) is 7.01. The molecule has 6 heteroatoms. The molecular formula is C7H10N2O3S. The Kier molecular flexibility index (Phi) is 2.09. The molecule has 1 fully saturated rings. The summed E-state index contributed by atoms with van der Waals surface area (Å²) in [4.78, 5) is 0. The first-order chi connectivity index (χ1) is 6.18. The highest BCUT2D eigenvalue weighted by Crippen LogP contribution is 2.16. The molecular weight excluding hydrogens is 192 g/mol. The van der Waals surface area contributed by atoms with Crippen molar-refractivity contribution in [3.8, 4) is 0 Å². The summed E-state index contributed by atoms with van der Waals surface area (Å²) in [6, 6.07) is 1.67. The first-order valence-corrected chi connectivity index (χ1v) is 5.67. The fourth-order valence-electron chi connectivity index (χ4n) is 1.37. The second-order valence-corrected chi connectivity index (χ2v) is 5.07. The largest absolute Gasteiger partial charge is 0.360 e. The third kappa shape index (κ3) is 1.73. The van der Waals surface area contributed by atoms with E-state index in [9.17, 15) is 8.42 Å². The van der Waals surface area contributed by atoms with Crippen LogP contribution in [0.1, 0.15) is 12.2 Å². The molecule has 1 aromatic heterocycles. The molecule has 2 rings (SSSR count). The predicted molar refractivity (Wildman–Crippen MR) is 45.3 cm³/mol. The Morgan fingerprint density at radius 3 is 3.00 bits per heavy atom. The van der Waals surface area contributed by atoms with E-state index in [0.29, 0.717) is 25.3 Å². The van der Waals surface area contributed by atoms with Crippen LogP contribution in [0.25, 0.3) is 0 Å². The Hall–Kier alpha value is -0.880. The van der Waals surface area contributed by atoms with Crippen LogP contribution in [0.2, 0.25) is 0 Å². The Balaban J connectivity index is 2.11. The summed E-state index contributed by atoms with van der Waals surface area (Å²) in [7, 11) is -3.02. The highest BCUT2D eigenvalue weighted by atomic mass is 32.2. The van der Waals surface area contributed by atoms with E-state index in [0.717, 1.165) is 0 Å². The van der Waals surface area contributed by atoms with Gasteiger partial charge >= 0.3 is 0 Å². The average molecular weight is 202 g/mol. The number of hydrogen-bond acceptors (Lipinski definition) is 4. The molecule has 0 spiro atoms. The van der Waals surface area contributed by atoms with E-state index < -0.39 is 10.0 Å². The quantitative estimate of drug-likeness (QED) is 0.687. The second kappa shape index (κ2) is 3.12. The smallest absolute Gasteiger partial charge is 0.214 e. The van der Waals surface area contributed by atoms with E-state index in [-0.39, 0.29) is 5.75 Å². The van der Waals surface area contributed by atoms with Crippen molar-refractivity contribution in [3.05, 3.63) is 18.0 Å². The number of aromatic nitrogens is 1. The molecule has 0 aromatic carbocycles. The first-order valence-electron chi connectivity index (χ1n) is 4.06. The molecule has 0 atom stereocenters. The summed E-state index contributed by atoms with van der Waals surface area (Å²) in [5.74, 6) is 0.840. The number of rotatable bonds is 2. The molecule has 1 saturated heterocycles. The van der Waals surface area contributed by atoms with Gasteiger partial charge in [-0.25, -0.2) is 8.42 Å². The summed E-state index contributed by atoms with van der Waals surface area (Å²) in [5.41, 5.74) is 0. The van der Waals surface area contributed by atoms with Crippen LogP contribution in [0.5, 0.6) is 0 Å². The summed E-state index contributed by atoms with van der Waals surface area (Å²) >= 11 is 0. The summed E-state index contributed by atoms with van der Waals surface area (Å²) < 4.78 is 29.0. The predicted octanol–water partition coefficient (Wildman–Crippen LogP) is 0.210. The van der Waals surface area contributed by atoms with Crippen molar-refractivity contribution in [2.75, 3.05) is 12.3 Å². The normalized spacial score (nSPS) is 22.2. The van der Waals surface area contributed by atoms with Gasteiger partial charge in [-0.15, -0.1) is 0 Å². The molecule has 0 radical (unpaired) electrons. The van der Waals surface area contributed by atoms with Crippen LogP contribution in [0.3, 0.4) is 0 Å². The second-order valence-electron chi connectivity index (χ2n) is 2.98. The Morgan fingerprint density at radius 2 is 2.46 bits per heavy atom. The van der Waals surface area contributed by atoms with Crippen LogP contribution in [0.15, 0.2) is 16.8 Å². The van der Waals surface area contributed by atoms with Gasteiger partial charge in [0.2, 0.25) is 10.0 Å². The first kappa shape index (κ1) is 8.71. The van der Waals surface area contributed by atoms with E-state index >= 15 is 0 Å². The minimum Gasteiger partial charge on any atom is -0.360 e. The number of sulfonamides is 1. The molecule has 0 aliphatic carbocycles. The lowest BCUT2D eigenvalue weighted by molar-refractivity contribution is 0.332. The molecule has 13 heavy (non-hydrogen) atoms. The molecule has 0 saturated carbocycles. The van der Waals surface area contributed by atoms with Gasteiger partial charge < -0.3 is 4.52 Å². The van der Waals surface area contributed by atoms with Gasteiger partial charge in [-0.1, -0.05) is 5.16 Å². The van der Waals surface area contributed by atoms with E-state index in [4.69, 9.17) is 4.52 Å². The van der Waals surface area contributed by atoms with Crippen molar-refractivity contribution in [1.29, 1.82) is 0 Å². The molecule has 1 aliphatic rings. The maximum absolute atomic E-state index is 11.4. The third-order valence-corrected chi connectivity index (χ3v) is 3.93. The average Bonchev–Trinajstić information content (AvgIpc) is 2.63. The van der Waals surface area contributed by atoms with Gasteiger partial charge in [-0.2, -0.15) is 4.31 Å². The fraction of sp³-hybridized carbons (Fsp3) is 0.571. The van der Waals surface area contributed by atoms with Gasteiger partial charge in [0.15, 0.2) is 5.76 Å². The fourth-order valence-corrected chi connectivity index (χ4v) is 2.85. The molecule has 0 unspecified atom stereocenters. The van der Waals surface area contributed by atoms with Crippen molar-refractivity contribution in [1.82, 2.24) is 9.46 Å². The molecule has 0 N–H and O–H groups in total. The monoisotopic (exact) mass is 202 g/mol. The van der Waals surface area contributed by atoms with Crippen LogP contribution < -0.4 is 0 Å². The zero-order chi connectivity index (χ0) is 9.31. The van der Waals surface area contributed by atoms with E-state index in [1.54, 1.807) is 6.07 Å². The topological polar surface area (TPSA) is 63.4 Å². The van der Waals surface area contributed by atoms with Crippen LogP contribution in [-0.4, -0.2) is 30.2 Å². The maximum atomic E-state index is 11.4. The van der Waals surface area contributed by atoms with Crippen LogP contribution in [0.4, 0.5) is 0 Å². The van der Waals surface area contributed by atoms with Crippen LogP contribution >= 0.6 is 0 Å². The zero-order valence-corrected chi connectivity index (χ0v) is 7.83. The lowest BCUT2D eigenvalue weighted by Crippen LogP contribution is -2.24. The number of hydrogen-bond donors (Lipinski definition) is 0. The van der Waals surface area contributed by atoms with Gasteiger partial charge in [0.1, 0.15) is 0 Å². The molecule has 1 aliphatic heterocycles. The highest BCUT2D eigenvalue weighted by molar-refractivity contribution is 7.89. The molecule has 0 amide bonds. The van der Waals surface area contributed by atoms with Crippen molar-refractivity contribution in [3.63, 3.8) is 0 Å². The molecule has 0 bridgehead atoms. The summed E-state index contributed by atoms with van der Waals surface area (Å²) in [6.07, 6.45) is 2.22. The third-order valence-electron chi connectivity index (χ3n) is 2.03. The van der Waals surface area contributed by atoms with Crippen molar-refractivity contribution < 1.29 is 12.9 Å². The van der Waals surface area contributed by atoms with Gasteiger partial charge in [-0.05, 0) is 6.42 Å². The van der Waals surface area contributed by atoms with Crippen molar-refractivity contribution >= 4 is 10.0 Å². The number of nitrogens with zero attached hydrogens (tertiary/aromatic N) is 2. The van der Waals surface area contributed by atoms with Crippen LogP contribution in [0, 0.1) is 0 Å². The standard InChI is InChI=1S/C7H10N2O3S/c10-13(11)5-1-4-9(13)6-7-2-3-8-12-7/h2-3H,1,4-6H2. The lowest BCUT2D eigenvalue weighted by Gasteiger charge is -2.10.